The number of H-pyrrole nitrogens is 1. The lowest BCUT2D eigenvalue weighted by Crippen LogP contribution is -2.34. The van der Waals surface area contributed by atoms with Crippen LogP contribution in [0.5, 0.6) is 0 Å². The largest absolute Gasteiger partial charge is 0.376 e. The molecule has 2 N–H and O–H groups in total. The van der Waals surface area contributed by atoms with E-state index in [1.807, 2.05) is 6.07 Å². The van der Waals surface area contributed by atoms with E-state index in [9.17, 15) is 9.59 Å². The summed E-state index contributed by atoms with van der Waals surface area (Å²) in [6.07, 6.45) is 3.71. The van der Waals surface area contributed by atoms with Crippen LogP contribution in [-0.4, -0.2) is 40.1 Å². The van der Waals surface area contributed by atoms with Gasteiger partial charge in [0.2, 0.25) is 5.91 Å². The Labute approximate surface area is 139 Å². The number of pyridine rings is 1. The van der Waals surface area contributed by atoms with E-state index in [1.54, 1.807) is 25.3 Å². The summed E-state index contributed by atoms with van der Waals surface area (Å²) in [5.41, 5.74) is 1.19. The molecule has 0 saturated carbocycles. The van der Waals surface area contributed by atoms with Gasteiger partial charge in [-0.1, -0.05) is 6.07 Å². The van der Waals surface area contributed by atoms with Crippen molar-refractivity contribution in [2.45, 2.75) is 32.3 Å². The van der Waals surface area contributed by atoms with Crippen molar-refractivity contribution in [3.63, 3.8) is 0 Å². The first-order valence-corrected chi connectivity index (χ1v) is 8.03. The van der Waals surface area contributed by atoms with Crippen LogP contribution in [0.1, 0.15) is 24.1 Å². The highest BCUT2D eigenvalue weighted by Gasteiger charge is 2.18. The smallest absolute Gasteiger partial charge is 0.255 e. The lowest BCUT2D eigenvalue weighted by molar-refractivity contribution is -0.121. The van der Waals surface area contributed by atoms with Crippen molar-refractivity contribution in [2.24, 2.45) is 0 Å². The molecule has 0 bridgehead atoms. The zero-order chi connectivity index (χ0) is 16.9. The van der Waals surface area contributed by atoms with Crippen molar-refractivity contribution in [1.82, 2.24) is 20.3 Å². The Morgan fingerprint density at radius 3 is 3.00 bits per heavy atom. The Morgan fingerprint density at radius 1 is 1.46 bits per heavy atom. The zero-order valence-corrected chi connectivity index (χ0v) is 13.5. The van der Waals surface area contributed by atoms with Gasteiger partial charge in [-0.15, -0.1) is 0 Å². The molecule has 3 heterocycles. The summed E-state index contributed by atoms with van der Waals surface area (Å²) >= 11 is 0. The van der Waals surface area contributed by atoms with E-state index < -0.39 is 0 Å². The summed E-state index contributed by atoms with van der Waals surface area (Å²) in [4.78, 5) is 35.6. The minimum absolute atomic E-state index is 0.00336. The fraction of sp³-hybridized carbons (Fsp3) is 0.412. The molecule has 2 aromatic heterocycles. The molecule has 0 radical (unpaired) electrons. The number of nitrogens with zero attached hydrogens (tertiary/aromatic N) is 2. The lowest BCUT2D eigenvalue weighted by atomic mass is 10.1. The van der Waals surface area contributed by atoms with Gasteiger partial charge < -0.3 is 15.0 Å². The topological polar surface area (TPSA) is 97.0 Å². The second-order valence-electron chi connectivity index (χ2n) is 5.81. The molecule has 1 aliphatic rings. The third-order valence-corrected chi connectivity index (χ3v) is 4.02. The number of hydrogen-bond acceptors (Lipinski definition) is 5. The van der Waals surface area contributed by atoms with Crippen molar-refractivity contribution in [1.29, 1.82) is 0 Å². The maximum atomic E-state index is 12.3. The molecule has 1 fully saturated rings. The highest BCUT2D eigenvalue weighted by molar-refractivity contribution is 5.78. The Morgan fingerprint density at radius 2 is 2.33 bits per heavy atom. The average Bonchev–Trinajstić information content (AvgIpc) is 3.10. The number of aryl methyl sites for hydroxylation is 1. The molecule has 1 atom stereocenters. The third kappa shape index (κ3) is 3.86. The van der Waals surface area contributed by atoms with E-state index in [2.05, 4.69) is 20.3 Å². The van der Waals surface area contributed by atoms with Crippen molar-refractivity contribution >= 4 is 5.91 Å². The van der Waals surface area contributed by atoms with Crippen molar-refractivity contribution in [2.75, 3.05) is 13.2 Å². The third-order valence-electron chi connectivity index (χ3n) is 4.02. The first kappa shape index (κ1) is 16.3. The molecular weight excluding hydrogens is 308 g/mol. The van der Waals surface area contributed by atoms with E-state index in [-0.39, 0.29) is 24.0 Å². The van der Waals surface area contributed by atoms with Gasteiger partial charge in [-0.3, -0.25) is 14.6 Å². The summed E-state index contributed by atoms with van der Waals surface area (Å²) in [7, 11) is 0. The van der Waals surface area contributed by atoms with Crippen LogP contribution in [0.4, 0.5) is 0 Å². The Bertz CT molecular complexity index is 767. The van der Waals surface area contributed by atoms with Crippen LogP contribution in [0.15, 0.2) is 29.2 Å². The second kappa shape index (κ2) is 7.35. The van der Waals surface area contributed by atoms with Gasteiger partial charge in [0.25, 0.3) is 5.56 Å². The maximum absolute atomic E-state index is 12.3. The predicted octanol–water partition coefficient (Wildman–Crippen LogP) is 0.978. The zero-order valence-electron chi connectivity index (χ0n) is 13.5. The lowest BCUT2D eigenvalue weighted by Gasteiger charge is -2.11. The molecule has 0 unspecified atom stereocenters. The molecule has 24 heavy (non-hydrogen) atoms. The van der Waals surface area contributed by atoms with Gasteiger partial charge in [0.1, 0.15) is 5.69 Å². The molecule has 1 amide bonds. The maximum Gasteiger partial charge on any atom is 0.255 e. The van der Waals surface area contributed by atoms with E-state index in [1.165, 1.54) is 0 Å². The SMILES string of the molecule is Cc1nc(-c2ccccn2)[nH]c(=O)c1CC(=O)NC[C@@H]1CCCO1. The van der Waals surface area contributed by atoms with Crippen molar-refractivity contribution < 1.29 is 9.53 Å². The van der Waals surface area contributed by atoms with Crippen LogP contribution in [-0.2, 0) is 16.0 Å². The Hall–Kier alpha value is -2.54. The number of ether oxygens (including phenoxy) is 1. The van der Waals surface area contributed by atoms with Gasteiger partial charge in [-0.2, -0.15) is 0 Å². The van der Waals surface area contributed by atoms with Crippen LogP contribution in [0.25, 0.3) is 11.5 Å². The number of aromatic nitrogens is 3. The normalized spacial score (nSPS) is 17.0. The minimum Gasteiger partial charge on any atom is -0.376 e. The molecule has 1 saturated heterocycles. The number of carbonyl (C=O) groups is 1. The fourth-order valence-electron chi connectivity index (χ4n) is 2.70. The molecule has 1 aliphatic heterocycles. The molecule has 7 nitrogen and oxygen atoms in total. The first-order chi connectivity index (χ1) is 11.6. The summed E-state index contributed by atoms with van der Waals surface area (Å²) in [5, 5.41) is 2.82. The number of aromatic amines is 1. The first-order valence-electron chi connectivity index (χ1n) is 8.03. The number of carbonyl (C=O) groups excluding carboxylic acids is 1. The minimum atomic E-state index is -0.310. The van der Waals surface area contributed by atoms with Crippen molar-refractivity contribution in [3.8, 4) is 11.5 Å². The predicted molar refractivity (Wildman–Crippen MR) is 88.5 cm³/mol. The molecule has 0 spiro atoms. The number of hydrogen-bond donors (Lipinski definition) is 2. The molecule has 3 rings (SSSR count). The van der Waals surface area contributed by atoms with Gasteiger partial charge in [0, 0.05) is 30.6 Å². The van der Waals surface area contributed by atoms with Crippen LogP contribution < -0.4 is 10.9 Å². The van der Waals surface area contributed by atoms with Gasteiger partial charge in [0.05, 0.1) is 12.5 Å². The van der Waals surface area contributed by atoms with E-state index in [0.717, 1.165) is 19.4 Å². The van der Waals surface area contributed by atoms with Crippen LogP contribution >= 0.6 is 0 Å². The summed E-state index contributed by atoms with van der Waals surface area (Å²) in [5.74, 6) is 0.202. The van der Waals surface area contributed by atoms with E-state index >= 15 is 0 Å². The van der Waals surface area contributed by atoms with Crippen LogP contribution in [0.2, 0.25) is 0 Å². The molecule has 2 aromatic rings. The fourth-order valence-corrected chi connectivity index (χ4v) is 2.70. The standard InChI is InChI=1S/C17H20N4O3/c1-11-13(9-15(22)19-10-12-5-4-8-24-12)17(23)21-16(20-11)14-6-2-3-7-18-14/h2-3,6-7,12H,4-5,8-10H2,1H3,(H,19,22)(H,20,21,23)/t12-/m0/s1. The second-order valence-corrected chi connectivity index (χ2v) is 5.81. The van der Waals surface area contributed by atoms with Gasteiger partial charge in [-0.05, 0) is 31.9 Å². The monoisotopic (exact) mass is 328 g/mol. The number of amides is 1. The number of nitrogens with one attached hydrogen (secondary N) is 2. The Balaban J connectivity index is 1.69. The summed E-state index contributed by atoms with van der Waals surface area (Å²) < 4.78 is 5.46. The van der Waals surface area contributed by atoms with Gasteiger partial charge in [-0.25, -0.2) is 4.98 Å². The highest BCUT2D eigenvalue weighted by atomic mass is 16.5. The van der Waals surface area contributed by atoms with Crippen LogP contribution in [0, 0.1) is 6.92 Å². The number of rotatable bonds is 5. The quantitative estimate of drug-likeness (QED) is 0.853. The summed E-state index contributed by atoms with van der Waals surface area (Å²) in [6, 6.07) is 5.39. The van der Waals surface area contributed by atoms with Gasteiger partial charge >= 0.3 is 0 Å². The molecular formula is C17H20N4O3. The summed E-state index contributed by atoms with van der Waals surface area (Å²) in [6.45, 7) is 2.96. The molecule has 126 valence electrons. The van der Waals surface area contributed by atoms with Gasteiger partial charge in [0.15, 0.2) is 5.82 Å². The average molecular weight is 328 g/mol. The van der Waals surface area contributed by atoms with Crippen LogP contribution in [0.3, 0.4) is 0 Å². The molecule has 0 aromatic carbocycles. The van der Waals surface area contributed by atoms with E-state index in [4.69, 9.17) is 4.74 Å². The molecule has 0 aliphatic carbocycles. The van der Waals surface area contributed by atoms with Crippen molar-refractivity contribution in [3.05, 3.63) is 46.0 Å². The van der Waals surface area contributed by atoms with E-state index in [0.29, 0.717) is 29.3 Å². The molecule has 7 heteroatoms. The highest BCUT2D eigenvalue weighted by Crippen LogP contribution is 2.12. The Kier molecular flexibility index (Phi) is 5.00.